The molecular weight excluding hydrogens is 406 g/mol. The largest absolute Gasteiger partial charge is 0.488 e. The van der Waals surface area contributed by atoms with E-state index in [2.05, 4.69) is 11.4 Å². The van der Waals surface area contributed by atoms with E-state index in [1.54, 1.807) is 13.0 Å². The van der Waals surface area contributed by atoms with Gasteiger partial charge >= 0.3 is 0 Å². The van der Waals surface area contributed by atoms with Gasteiger partial charge in [0.25, 0.3) is 5.91 Å². The van der Waals surface area contributed by atoms with Crippen LogP contribution < -0.4 is 19.5 Å². The van der Waals surface area contributed by atoms with E-state index in [0.29, 0.717) is 30.0 Å². The average molecular weight is 429 g/mol. The second-order valence-electron chi connectivity index (χ2n) is 7.98. The van der Waals surface area contributed by atoms with Gasteiger partial charge in [-0.1, -0.05) is 42.5 Å². The summed E-state index contributed by atoms with van der Waals surface area (Å²) in [5, 5.41) is 2.92. The molecule has 162 valence electrons. The summed E-state index contributed by atoms with van der Waals surface area (Å²) >= 11 is 0. The molecule has 0 radical (unpaired) electrons. The quantitative estimate of drug-likeness (QED) is 0.625. The Kier molecular flexibility index (Phi) is 5.27. The minimum Gasteiger partial charge on any atom is -0.488 e. The third-order valence-corrected chi connectivity index (χ3v) is 5.72. The number of para-hydroxylation sites is 2. The van der Waals surface area contributed by atoms with Crippen molar-refractivity contribution in [3.05, 3.63) is 77.9 Å². The third kappa shape index (κ3) is 3.91. The molecule has 2 atom stereocenters. The minimum atomic E-state index is -0.691. The molecule has 1 N–H and O–H groups in total. The number of hydrogen-bond acceptors (Lipinski definition) is 5. The van der Waals surface area contributed by atoms with Gasteiger partial charge < -0.3 is 19.5 Å². The first-order valence-corrected chi connectivity index (χ1v) is 10.6. The maximum atomic E-state index is 12.6. The van der Waals surface area contributed by atoms with Crippen LogP contribution in [0.4, 0.5) is 0 Å². The Labute approximate surface area is 186 Å². The smallest absolute Gasteiger partial charge is 0.264 e. The predicted molar refractivity (Wildman–Crippen MR) is 119 cm³/mol. The number of amides is 1. The zero-order valence-corrected chi connectivity index (χ0v) is 17.7. The second-order valence-corrected chi connectivity index (χ2v) is 7.98. The second kappa shape index (κ2) is 8.38. The Morgan fingerprint density at radius 2 is 1.72 bits per heavy atom. The van der Waals surface area contributed by atoms with Gasteiger partial charge in [-0.2, -0.15) is 0 Å². The number of benzene rings is 3. The molecule has 0 saturated carbocycles. The van der Waals surface area contributed by atoms with E-state index >= 15 is 0 Å². The van der Waals surface area contributed by atoms with Gasteiger partial charge in [-0.15, -0.1) is 0 Å². The van der Waals surface area contributed by atoms with Crippen LogP contribution in [-0.2, 0) is 11.2 Å². The zero-order valence-electron chi connectivity index (χ0n) is 17.7. The van der Waals surface area contributed by atoms with E-state index in [9.17, 15) is 9.59 Å². The lowest BCUT2D eigenvalue weighted by Gasteiger charge is -2.25. The maximum Gasteiger partial charge on any atom is 0.264 e. The van der Waals surface area contributed by atoms with Crippen molar-refractivity contribution in [1.82, 2.24) is 5.32 Å². The molecule has 2 aliphatic rings. The van der Waals surface area contributed by atoms with Crippen molar-refractivity contribution in [2.24, 2.45) is 0 Å². The van der Waals surface area contributed by atoms with Crippen LogP contribution in [0.5, 0.6) is 17.2 Å². The van der Waals surface area contributed by atoms with Crippen molar-refractivity contribution >= 4 is 11.7 Å². The van der Waals surface area contributed by atoms with Gasteiger partial charge in [0.1, 0.15) is 18.5 Å². The van der Waals surface area contributed by atoms with E-state index in [4.69, 9.17) is 14.2 Å². The van der Waals surface area contributed by atoms with Gasteiger partial charge in [0.15, 0.2) is 17.3 Å². The van der Waals surface area contributed by atoms with E-state index in [1.807, 2.05) is 54.6 Å². The Balaban J connectivity index is 1.22. The molecule has 1 amide bonds. The van der Waals surface area contributed by atoms with Gasteiger partial charge in [-0.05, 0) is 47.9 Å². The molecule has 0 spiro atoms. The monoisotopic (exact) mass is 429 g/mol. The summed E-state index contributed by atoms with van der Waals surface area (Å²) in [7, 11) is 0. The summed E-state index contributed by atoms with van der Waals surface area (Å²) in [6.45, 7) is 2.12. The molecule has 0 saturated heterocycles. The molecule has 32 heavy (non-hydrogen) atoms. The number of Topliss-reactive ketones (excluding diaryl/α,β-unsaturated/α-hetero) is 1. The van der Waals surface area contributed by atoms with Crippen molar-refractivity contribution < 1.29 is 23.8 Å². The molecule has 0 bridgehead atoms. The van der Waals surface area contributed by atoms with Crippen LogP contribution in [0.1, 0.15) is 22.8 Å². The number of fused-ring (bicyclic) bond motifs is 2. The molecule has 5 rings (SSSR count). The van der Waals surface area contributed by atoms with Crippen molar-refractivity contribution in [3.63, 3.8) is 0 Å². The Hall–Kier alpha value is -3.80. The molecule has 0 aliphatic carbocycles. The molecule has 0 aromatic heterocycles. The zero-order chi connectivity index (χ0) is 22.1. The van der Waals surface area contributed by atoms with Gasteiger partial charge in [0.05, 0.1) is 6.54 Å². The van der Waals surface area contributed by atoms with Gasteiger partial charge in [-0.25, -0.2) is 0 Å². The Morgan fingerprint density at radius 3 is 2.56 bits per heavy atom. The number of hydrogen-bond donors (Lipinski definition) is 1. The van der Waals surface area contributed by atoms with Crippen LogP contribution in [0.2, 0.25) is 0 Å². The third-order valence-electron chi connectivity index (χ3n) is 5.72. The molecule has 3 aromatic rings. The molecule has 6 nitrogen and oxygen atoms in total. The molecule has 0 fully saturated rings. The fraction of sp³-hybridized carbons (Fsp3) is 0.231. The highest BCUT2D eigenvalue weighted by molar-refractivity contribution is 6.00. The summed E-state index contributed by atoms with van der Waals surface area (Å²) in [5.41, 5.74) is 3.65. The number of ketones is 1. The maximum absolute atomic E-state index is 12.6. The lowest BCUT2D eigenvalue weighted by Crippen LogP contribution is -2.46. The summed E-state index contributed by atoms with van der Waals surface area (Å²) in [6.07, 6.45) is -0.177. The van der Waals surface area contributed by atoms with Crippen molar-refractivity contribution in [1.29, 1.82) is 0 Å². The Bertz CT molecular complexity index is 1190. The summed E-state index contributed by atoms with van der Waals surface area (Å²) in [6, 6.07) is 20.9. The topological polar surface area (TPSA) is 73.9 Å². The van der Waals surface area contributed by atoms with Gasteiger partial charge in [-0.3, -0.25) is 9.59 Å². The Morgan fingerprint density at radius 1 is 0.938 bits per heavy atom. The van der Waals surface area contributed by atoms with Crippen molar-refractivity contribution in [2.45, 2.75) is 25.6 Å². The summed E-state index contributed by atoms with van der Waals surface area (Å²) in [4.78, 5) is 24.6. The lowest BCUT2D eigenvalue weighted by atomic mass is 9.95. The van der Waals surface area contributed by atoms with Crippen LogP contribution in [0, 0.1) is 0 Å². The standard InChI is InChI=1S/C26H23NO5/c1-16(28)20-6-2-3-7-21(20)17-10-11-22-18(12-17)13-19(31-22)14-27-26(29)25-15-30-23-8-4-5-9-24(23)32-25/h2-12,19,25H,13-15H2,1H3,(H,27,29)/t19-,25-/m0/s1. The van der Waals surface area contributed by atoms with E-state index < -0.39 is 6.10 Å². The number of nitrogens with one attached hydrogen (secondary N) is 1. The first-order chi connectivity index (χ1) is 15.6. The molecule has 3 aromatic carbocycles. The van der Waals surface area contributed by atoms with E-state index in [1.165, 1.54) is 0 Å². The summed E-state index contributed by atoms with van der Waals surface area (Å²) in [5.74, 6) is 1.83. The number of rotatable bonds is 5. The molecule has 2 heterocycles. The molecule has 6 heteroatoms. The van der Waals surface area contributed by atoms with Crippen LogP contribution in [0.3, 0.4) is 0 Å². The van der Waals surface area contributed by atoms with E-state index in [0.717, 1.165) is 22.4 Å². The SMILES string of the molecule is CC(=O)c1ccccc1-c1ccc2c(c1)C[C@@H](CNC(=O)[C@@H]1COc3ccccc3O1)O2. The number of ether oxygens (including phenoxy) is 3. The number of carbonyl (C=O) groups excluding carboxylic acids is 2. The van der Waals surface area contributed by atoms with Crippen molar-refractivity contribution in [2.75, 3.05) is 13.2 Å². The molecule has 0 unspecified atom stereocenters. The highest BCUT2D eigenvalue weighted by Crippen LogP contribution is 2.34. The first-order valence-electron chi connectivity index (χ1n) is 10.6. The summed E-state index contributed by atoms with van der Waals surface area (Å²) < 4.78 is 17.4. The fourth-order valence-electron chi connectivity index (χ4n) is 4.12. The highest BCUT2D eigenvalue weighted by Gasteiger charge is 2.29. The van der Waals surface area contributed by atoms with Crippen LogP contribution >= 0.6 is 0 Å². The normalized spacial score (nSPS) is 18.4. The first kappa shape index (κ1) is 20.1. The fourth-order valence-corrected chi connectivity index (χ4v) is 4.12. The van der Waals surface area contributed by atoms with Crippen molar-refractivity contribution in [3.8, 4) is 28.4 Å². The molecule has 2 aliphatic heterocycles. The van der Waals surface area contributed by atoms with Gasteiger partial charge in [0, 0.05) is 12.0 Å². The average Bonchev–Trinajstić information content (AvgIpc) is 3.24. The molecular formula is C26H23NO5. The van der Waals surface area contributed by atoms with Crippen LogP contribution in [0.25, 0.3) is 11.1 Å². The highest BCUT2D eigenvalue weighted by atomic mass is 16.6. The van der Waals surface area contributed by atoms with Crippen LogP contribution in [-0.4, -0.2) is 37.0 Å². The van der Waals surface area contributed by atoms with Gasteiger partial charge in [0.2, 0.25) is 6.10 Å². The number of carbonyl (C=O) groups is 2. The van der Waals surface area contributed by atoms with Crippen LogP contribution in [0.15, 0.2) is 66.7 Å². The predicted octanol–water partition coefficient (Wildman–Crippen LogP) is 3.82. The lowest BCUT2D eigenvalue weighted by molar-refractivity contribution is -0.130. The van der Waals surface area contributed by atoms with E-state index in [-0.39, 0.29) is 24.4 Å². The minimum absolute atomic E-state index is 0.0365.